The van der Waals surface area contributed by atoms with Crippen molar-refractivity contribution < 1.29 is 18.0 Å². The zero-order valence-corrected chi connectivity index (χ0v) is 17.8. The maximum atomic E-state index is 13.6. The van der Waals surface area contributed by atoms with Gasteiger partial charge in [-0.3, -0.25) is 4.79 Å². The molecule has 1 aliphatic carbocycles. The molecule has 0 aliphatic heterocycles. The number of rotatable bonds is 6. The molecule has 156 valence electrons. The average Bonchev–Trinajstić information content (AvgIpc) is 3.49. The van der Waals surface area contributed by atoms with Crippen LogP contribution in [0.1, 0.15) is 35.4 Å². The largest absolute Gasteiger partial charge is 0.399 e. The summed E-state index contributed by atoms with van der Waals surface area (Å²) in [5.41, 5.74) is 1.45. The van der Waals surface area contributed by atoms with E-state index in [1.165, 1.54) is 6.08 Å². The van der Waals surface area contributed by atoms with Crippen molar-refractivity contribution in [2.24, 2.45) is 5.92 Å². The molecule has 1 N–H and O–H groups in total. The van der Waals surface area contributed by atoms with Gasteiger partial charge in [-0.05, 0) is 41.7 Å². The maximum absolute atomic E-state index is 13.6. The molecular weight excluding hydrogens is 456 g/mol. The predicted octanol–water partition coefficient (Wildman–Crippen LogP) is 5.83. The molecule has 1 aliphatic rings. The first-order valence-electron chi connectivity index (χ1n) is 9.11. The van der Waals surface area contributed by atoms with Crippen LogP contribution in [0.25, 0.3) is 6.08 Å². The van der Waals surface area contributed by atoms with Gasteiger partial charge in [0.25, 0.3) is 0 Å². The van der Waals surface area contributed by atoms with Crippen molar-refractivity contribution >= 4 is 60.1 Å². The summed E-state index contributed by atoms with van der Waals surface area (Å²) < 4.78 is 40.9. The van der Waals surface area contributed by atoms with Gasteiger partial charge in [-0.25, -0.2) is 0 Å². The zero-order valence-electron chi connectivity index (χ0n) is 15.6. The minimum atomic E-state index is -4.56. The van der Waals surface area contributed by atoms with E-state index >= 15 is 0 Å². The lowest BCUT2D eigenvalue weighted by atomic mass is 9.88. The van der Waals surface area contributed by atoms with Crippen LogP contribution >= 0.6 is 34.8 Å². The Kier molecular flexibility index (Phi) is 7.11. The molecule has 2 nitrogen and oxygen atoms in total. The number of benzene rings is 2. The molecule has 9 heteroatoms. The molecule has 1 saturated carbocycles. The molecule has 0 heterocycles. The van der Waals surface area contributed by atoms with E-state index in [0.29, 0.717) is 16.6 Å². The third-order valence-corrected chi connectivity index (χ3v) is 5.97. The second-order valence-electron chi connectivity index (χ2n) is 7.13. The highest BCUT2D eigenvalue weighted by molar-refractivity contribution is 6.48. The van der Waals surface area contributed by atoms with Gasteiger partial charge in [0.15, 0.2) is 0 Å². The van der Waals surface area contributed by atoms with E-state index in [9.17, 15) is 18.0 Å². The van der Waals surface area contributed by atoms with Gasteiger partial charge in [-0.15, -0.1) is 0 Å². The van der Waals surface area contributed by atoms with Crippen molar-refractivity contribution in [1.82, 2.24) is 5.32 Å². The molecule has 1 fully saturated rings. The van der Waals surface area contributed by atoms with Crippen LogP contribution in [-0.2, 0) is 11.3 Å². The Morgan fingerprint density at radius 2 is 1.80 bits per heavy atom. The summed E-state index contributed by atoms with van der Waals surface area (Å²) in [7, 11) is 6.00. The van der Waals surface area contributed by atoms with Crippen LogP contribution in [0.4, 0.5) is 13.2 Å². The normalized spacial score (nSPS) is 15.4. The number of halogens is 6. The lowest BCUT2D eigenvalue weighted by Crippen LogP contribution is -2.27. The summed E-state index contributed by atoms with van der Waals surface area (Å²) in [4.78, 5) is 11.7. The zero-order chi connectivity index (χ0) is 22.1. The van der Waals surface area contributed by atoms with Crippen LogP contribution in [0.2, 0.25) is 15.1 Å². The molecule has 2 aromatic carbocycles. The minimum absolute atomic E-state index is 0.00382. The summed E-state index contributed by atoms with van der Waals surface area (Å²) in [6.07, 6.45) is -0.419. The van der Waals surface area contributed by atoms with E-state index in [-0.39, 0.29) is 39.0 Å². The van der Waals surface area contributed by atoms with Gasteiger partial charge < -0.3 is 5.32 Å². The highest BCUT2D eigenvalue weighted by Crippen LogP contribution is 2.41. The second-order valence-corrected chi connectivity index (χ2v) is 8.32. The van der Waals surface area contributed by atoms with Crippen LogP contribution in [0.3, 0.4) is 0 Å². The third-order valence-electron chi connectivity index (χ3n) is 4.77. The molecule has 2 aromatic rings. The van der Waals surface area contributed by atoms with Crippen LogP contribution in [-0.4, -0.2) is 19.9 Å². The van der Waals surface area contributed by atoms with E-state index in [2.05, 4.69) is 5.32 Å². The van der Waals surface area contributed by atoms with Crippen molar-refractivity contribution in [1.29, 1.82) is 0 Å². The smallest absolute Gasteiger partial charge is 0.352 e. The minimum Gasteiger partial charge on any atom is -0.352 e. The molecule has 0 spiro atoms. The number of carbonyl (C=O) groups excluding carboxylic acids is 1. The van der Waals surface area contributed by atoms with Crippen molar-refractivity contribution in [3.05, 3.63) is 68.2 Å². The molecule has 1 amide bonds. The van der Waals surface area contributed by atoms with Crippen molar-refractivity contribution in [3.63, 3.8) is 0 Å². The highest BCUT2D eigenvalue weighted by atomic mass is 35.5. The summed E-state index contributed by atoms with van der Waals surface area (Å²) >= 11 is 17.6. The fourth-order valence-corrected chi connectivity index (χ4v) is 3.53. The third kappa shape index (κ3) is 5.74. The van der Waals surface area contributed by atoms with Gasteiger partial charge in [0.1, 0.15) is 7.85 Å². The topological polar surface area (TPSA) is 29.1 Å². The molecule has 1 atom stereocenters. The fraction of sp³-hybridized carbons (Fsp3) is 0.286. The van der Waals surface area contributed by atoms with Gasteiger partial charge in [0, 0.05) is 12.5 Å². The van der Waals surface area contributed by atoms with E-state index in [4.69, 9.17) is 42.6 Å². The maximum Gasteiger partial charge on any atom is 0.399 e. The standard InChI is InChI=1S/C21H16BCl3F3NO/c22-16-7-11(1-3-13(16)10-29-20(30)12-4-5-12)2-6-15(21(26,27)28)14-8-17(23)19(25)18(24)9-14/h1-3,6-9,12,15H,4-5,10H2,(H,29,30)/b6-2+. The molecule has 0 saturated heterocycles. The van der Waals surface area contributed by atoms with Crippen LogP contribution in [0.15, 0.2) is 36.4 Å². The lowest BCUT2D eigenvalue weighted by Gasteiger charge is -2.18. The summed E-state index contributed by atoms with van der Waals surface area (Å²) in [6, 6.07) is 7.18. The fourth-order valence-electron chi connectivity index (χ4n) is 2.92. The SMILES string of the molecule is [B]c1cc(/C=C/C(c2cc(Cl)c(Cl)c(Cl)c2)C(F)(F)F)ccc1CNC(=O)C1CC1. The van der Waals surface area contributed by atoms with E-state index in [1.807, 2.05) is 0 Å². The van der Waals surface area contributed by atoms with Crippen molar-refractivity contribution in [2.45, 2.75) is 31.5 Å². The number of carbonyl (C=O) groups is 1. The number of amides is 1. The Morgan fingerprint density at radius 1 is 1.17 bits per heavy atom. The van der Waals surface area contributed by atoms with Gasteiger partial charge >= 0.3 is 6.18 Å². The predicted molar refractivity (Wildman–Crippen MR) is 116 cm³/mol. The quantitative estimate of drug-likeness (QED) is 0.416. The van der Waals surface area contributed by atoms with Crippen molar-refractivity contribution in [3.8, 4) is 0 Å². The molecule has 0 aromatic heterocycles. The van der Waals surface area contributed by atoms with Gasteiger partial charge in [0.05, 0.1) is 21.0 Å². The first-order chi connectivity index (χ1) is 14.1. The Morgan fingerprint density at radius 3 is 2.33 bits per heavy atom. The van der Waals surface area contributed by atoms with E-state index < -0.39 is 12.1 Å². The van der Waals surface area contributed by atoms with E-state index in [0.717, 1.165) is 31.1 Å². The number of allylic oxidation sites excluding steroid dienone is 1. The highest BCUT2D eigenvalue weighted by Gasteiger charge is 2.39. The number of hydrogen-bond acceptors (Lipinski definition) is 1. The second kappa shape index (κ2) is 9.25. The Balaban J connectivity index is 1.78. The Bertz CT molecular complexity index is 967. The molecule has 3 rings (SSSR count). The summed E-state index contributed by atoms with van der Waals surface area (Å²) in [5, 5.41) is 2.71. The average molecular weight is 473 g/mol. The molecule has 2 radical (unpaired) electrons. The molecular formula is C21H16BCl3F3NO. The number of nitrogens with one attached hydrogen (secondary N) is 1. The van der Waals surface area contributed by atoms with Gasteiger partial charge in [0.2, 0.25) is 5.91 Å². The van der Waals surface area contributed by atoms with Crippen LogP contribution in [0, 0.1) is 5.92 Å². The first-order valence-corrected chi connectivity index (χ1v) is 10.2. The summed E-state index contributed by atoms with van der Waals surface area (Å²) in [5.74, 6) is -1.85. The molecule has 0 bridgehead atoms. The molecule has 30 heavy (non-hydrogen) atoms. The first kappa shape index (κ1) is 23.0. The number of hydrogen-bond donors (Lipinski definition) is 1. The number of alkyl halides is 3. The monoisotopic (exact) mass is 471 g/mol. The molecule has 1 unspecified atom stereocenters. The van der Waals surface area contributed by atoms with Crippen LogP contribution < -0.4 is 10.8 Å². The van der Waals surface area contributed by atoms with Crippen LogP contribution in [0.5, 0.6) is 0 Å². The van der Waals surface area contributed by atoms with Crippen molar-refractivity contribution in [2.75, 3.05) is 0 Å². The summed E-state index contributed by atoms with van der Waals surface area (Å²) in [6.45, 7) is 0.276. The van der Waals surface area contributed by atoms with E-state index in [1.54, 1.807) is 18.2 Å². The van der Waals surface area contributed by atoms with Gasteiger partial charge in [-0.1, -0.05) is 70.6 Å². The van der Waals surface area contributed by atoms with Gasteiger partial charge in [-0.2, -0.15) is 13.2 Å². The lowest BCUT2D eigenvalue weighted by molar-refractivity contribution is -0.139. The Hall–Kier alpha value is -1.63. The Labute approximate surface area is 188 Å².